The summed E-state index contributed by atoms with van der Waals surface area (Å²) in [5.74, 6) is -0.281. The van der Waals surface area contributed by atoms with Gasteiger partial charge in [0.2, 0.25) is 5.91 Å². The van der Waals surface area contributed by atoms with Crippen molar-refractivity contribution in [1.29, 1.82) is 0 Å². The van der Waals surface area contributed by atoms with E-state index in [0.29, 0.717) is 25.7 Å². The Morgan fingerprint density at radius 2 is 1.50 bits per heavy atom. The SMILES string of the molecule is CC(C)c1nc(CN(C)C(=O)NC(CC(O)O)C(=O)NC(CCC(Cc2ccccc2)NC(=O)OCc2cncs2)Cc2ccccc2)cs1. The van der Waals surface area contributed by atoms with Crippen molar-refractivity contribution in [2.24, 2.45) is 0 Å². The second kappa shape index (κ2) is 19.7. The number of benzene rings is 2. The van der Waals surface area contributed by atoms with Gasteiger partial charge >= 0.3 is 12.1 Å². The monoisotopic (exact) mass is 722 g/mol. The average Bonchev–Trinajstić information content (AvgIpc) is 3.79. The number of hydrogen-bond acceptors (Lipinski definition) is 10. The summed E-state index contributed by atoms with van der Waals surface area (Å²) in [4.78, 5) is 50.5. The van der Waals surface area contributed by atoms with Crippen LogP contribution < -0.4 is 16.0 Å². The lowest BCUT2D eigenvalue weighted by molar-refractivity contribution is -0.127. The van der Waals surface area contributed by atoms with E-state index in [-0.39, 0.29) is 25.1 Å². The maximum Gasteiger partial charge on any atom is 0.407 e. The molecule has 4 aromatic rings. The van der Waals surface area contributed by atoms with Crippen molar-refractivity contribution >= 4 is 40.7 Å². The van der Waals surface area contributed by atoms with Crippen LogP contribution in [0.1, 0.15) is 65.7 Å². The summed E-state index contributed by atoms with van der Waals surface area (Å²) in [6, 6.07) is 17.0. The Balaban J connectivity index is 1.44. The minimum atomic E-state index is -1.83. The van der Waals surface area contributed by atoms with Gasteiger partial charge in [-0.2, -0.15) is 0 Å². The number of hydrogen-bond donors (Lipinski definition) is 5. The van der Waals surface area contributed by atoms with E-state index in [2.05, 4.69) is 25.9 Å². The van der Waals surface area contributed by atoms with Gasteiger partial charge in [-0.15, -0.1) is 22.7 Å². The quantitative estimate of drug-likeness (QED) is 0.0898. The third-order valence-electron chi connectivity index (χ3n) is 7.88. The first-order chi connectivity index (χ1) is 24.0. The average molecular weight is 723 g/mol. The van der Waals surface area contributed by atoms with Crippen molar-refractivity contribution in [2.45, 2.75) is 89.4 Å². The highest BCUT2D eigenvalue weighted by Gasteiger charge is 2.28. The standard InChI is InChI=1S/C36H46N6O6S2/c1-24(2)34-39-29(22-49-34)20-42(3)35(46)41-31(18-32(43)44)33(45)38-27(16-25-10-6-4-7-11-25)14-15-28(17-26-12-8-5-9-13-26)40-36(47)48-21-30-19-37-23-50-30/h4-13,19,22-24,27-28,31-32,43-44H,14-18,20-21H2,1-3H3,(H,38,45)(H,40,47)(H,41,46). The maximum absolute atomic E-state index is 13.7. The number of carbonyl (C=O) groups is 3. The van der Waals surface area contributed by atoms with Crippen LogP contribution in [0.5, 0.6) is 0 Å². The van der Waals surface area contributed by atoms with Crippen molar-refractivity contribution in [1.82, 2.24) is 30.8 Å². The number of rotatable bonds is 18. The molecule has 50 heavy (non-hydrogen) atoms. The van der Waals surface area contributed by atoms with Gasteiger partial charge in [0.1, 0.15) is 12.6 Å². The molecular weight excluding hydrogens is 677 g/mol. The van der Waals surface area contributed by atoms with Crippen molar-refractivity contribution in [3.8, 4) is 0 Å². The molecule has 0 fully saturated rings. The molecular formula is C36H46N6O6S2. The summed E-state index contributed by atoms with van der Waals surface area (Å²) in [6.07, 6.45) is 0.863. The molecule has 4 rings (SSSR count). The van der Waals surface area contributed by atoms with Crippen LogP contribution in [0.15, 0.2) is 77.8 Å². The van der Waals surface area contributed by atoms with Crippen LogP contribution in [0.4, 0.5) is 9.59 Å². The van der Waals surface area contributed by atoms with Crippen molar-refractivity contribution < 1.29 is 29.3 Å². The second-order valence-corrected chi connectivity index (χ2v) is 14.3. The van der Waals surface area contributed by atoms with Gasteiger partial charge in [-0.1, -0.05) is 74.5 Å². The van der Waals surface area contributed by atoms with Gasteiger partial charge in [-0.3, -0.25) is 9.78 Å². The van der Waals surface area contributed by atoms with Crippen LogP contribution in [0.3, 0.4) is 0 Å². The number of aliphatic hydroxyl groups excluding tert-OH is 1. The van der Waals surface area contributed by atoms with Gasteiger partial charge in [0.25, 0.3) is 0 Å². The number of carbonyl (C=O) groups excluding carboxylic acids is 3. The Bertz CT molecular complexity index is 1600. The van der Waals surface area contributed by atoms with E-state index in [9.17, 15) is 24.6 Å². The first-order valence-corrected chi connectivity index (χ1v) is 18.3. The molecule has 2 aromatic carbocycles. The highest BCUT2D eigenvalue weighted by atomic mass is 32.1. The Morgan fingerprint density at radius 1 is 0.880 bits per heavy atom. The van der Waals surface area contributed by atoms with E-state index in [1.807, 2.05) is 79.9 Å². The van der Waals surface area contributed by atoms with Crippen LogP contribution in [-0.2, 0) is 35.5 Å². The van der Waals surface area contributed by atoms with Crippen LogP contribution in [0, 0.1) is 0 Å². The summed E-state index contributed by atoms with van der Waals surface area (Å²) < 4.78 is 5.45. The Hall–Kier alpha value is -4.37. The maximum atomic E-state index is 13.7. The predicted molar refractivity (Wildman–Crippen MR) is 194 cm³/mol. The highest BCUT2D eigenvalue weighted by Crippen LogP contribution is 2.20. The summed E-state index contributed by atoms with van der Waals surface area (Å²) in [6.45, 7) is 4.44. The minimum absolute atomic E-state index is 0.114. The molecule has 0 aliphatic rings. The third kappa shape index (κ3) is 13.2. The molecule has 0 spiro atoms. The Morgan fingerprint density at radius 3 is 2.04 bits per heavy atom. The number of aliphatic hydroxyl groups is 2. The summed E-state index contributed by atoms with van der Waals surface area (Å²) in [5, 5.41) is 31.2. The molecule has 0 bridgehead atoms. The number of urea groups is 1. The van der Waals surface area contributed by atoms with E-state index in [1.54, 1.807) is 18.8 Å². The number of nitrogens with one attached hydrogen (secondary N) is 3. The fourth-order valence-electron chi connectivity index (χ4n) is 5.29. The second-order valence-electron chi connectivity index (χ2n) is 12.5. The van der Waals surface area contributed by atoms with Gasteiger partial charge in [0.15, 0.2) is 6.29 Å². The molecule has 2 aromatic heterocycles. The molecule has 5 N–H and O–H groups in total. The van der Waals surface area contributed by atoms with E-state index >= 15 is 0 Å². The molecule has 0 saturated heterocycles. The molecule has 3 unspecified atom stereocenters. The molecule has 268 valence electrons. The summed E-state index contributed by atoms with van der Waals surface area (Å²) in [5.41, 5.74) is 4.43. The smallest absolute Gasteiger partial charge is 0.407 e. The topological polar surface area (TPSA) is 166 Å². The number of thiazole rings is 2. The largest absolute Gasteiger partial charge is 0.444 e. The molecule has 0 radical (unpaired) electrons. The minimum Gasteiger partial charge on any atom is -0.444 e. The summed E-state index contributed by atoms with van der Waals surface area (Å²) in [7, 11) is 1.59. The van der Waals surface area contributed by atoms with Gasteiger partial charge in [-0.05, 0) is 36.8 Å². The van der Waals surface area contributed by atoms with Gasteiger partial charge in [0.05, 0.1) is 27.6 Å². The molecule has 14 heteroatoms. The number of amides is 4. The molecule has 4 amide bonds. The highest BCUT2D eigenvalue weighted by molar-refractivity contribution is 7.09. The molecule has 2 heterocycles. The van der Waals surface area contributed by atoms with Crippen molar-refractivity contribution in [3.05, 3.63) is 104 Å². The van der Waals surface area contributed by atoms with E-state index < -0.39 is 42.8 Å². The van der Waals surface area contributed by atoms with Crippen LogP contribution >= 0.6 is 22.7 Å². The lowest BCUT2D eigenvalue weighted by Gasteiger charge is -2.27. The van der Waals surface area contributed by atoms with Crippen LogP contribution in [0.25, 0.3) is 0 Å². The fraction of sp³-hybridized carbons (Fsp3) is 0.417. The van der Waals surface area contributed by atoms with E-state index in [1.165, 1.54) is 27.6 Å². The Kier molecular flexibility index (Phi) is 15.2. The fourth-order valence-corrected chi connectivity index (χ4v) is 6.62. The number of nitrogens with zero attached hydrogens (tertiary/aromatic N) is 3. The molecule has 12 nitrogen and oxygen atoms in total. The first kappa shape index (κ1) is 38.4. The van der Waals surface area contributed by atoms with Gasteiger partial charge in [0, 0.05) is 43.0 Å². The van der Waals surface area contributed by atoms with E-state index in [4.69, 9.17) is 4.74 Å². The summed E-state index contributed by atoms with van der Waals surface area (Å²) >= 11 is 2.93. The zero-order valence-corrected chi connectivity index (χ0v) is 30.2. The zero-order valence-electron chi connectivity index (χ0n) is 28.5. The molecule has 0 aliphatic carbocycles. The van der Waals surface area contributed by atoms with Crippen LogP contribution in [0.2, 0.25) is 0 Å². The van der Waals surface area contributed by atoms with Gasteiger partial charge < -0.3 is 35.8 Å². The van der Waals surface area contributed by atoms with Crippen molar-refractivity contribution in [2.75, 3.05) is 7.05 Å². The zero-order chi connectivity index (χ0) is 35.9. The third-order valence-corrected chi connectivity index (χ3v) is 9.83. The van der Waals surface area contributed by atoms with E-state index in [0.717, 1.165) is 26.7 Å². The molecule has 0 saturated carbocycles. The molecule has 3 atom stereocenters. The van der Waals surface area contributed by atoms with Gasteiger partial charge in [-0.25, -0.2) is 14.6 Å². The molecule has 0 aliphatic heterocycles. The lowest BCUT2D eigenvalue weighted by atomic mass is 9.95. The first-order valence-electron chi connectivity index (χ1n) is 16.6. The number of alkyl carbamates (subject to hydrolysis) is 1. The Labute approximate surface area is 300 Å². The lowest BCUT2D eigenvalue weighted by Crippen LogP contribution is -2.53. The normalized spacial score (nSPS) is 13.0. The number of ether oxygens (including phenoxy) is 1. The number of aromatic nitrogens is 2. The predicted octanol–water partition coefficient (Wildman–Crippen LogP) is 4.98. The van der Waals surface area contributed by atoms with Crippen LogP contribution in [-0.4, -0.2) is 74.6 Å². The van der Waals surface area contributed by atoms with Crippen molar-refractivity contribution in [3.63, 3.8) is 0 Å².